The lowest BCUT2D eigenvalue weighted by molar-refractivity contribution is 0.391. The maximum atomic E-state index is 12.6. The van der Waals surface area contributed by atoms with Gasteiger partial charge < -0.3 is 4.57 Å². The van der Waals surface area contributed by atoms with Gasteiger partial charge >= 0.3 is 0 Å². The van der Waals surface area contributed by atoms with Gasteiger partial charge in [-0.1, -0.05) is 30.2 Å². The summed E-state index contributed by atoms with van der Waals surface area (Å²) in [6.07, 6.45) is 3.65. The Morgan fingerprint density at radius 1 is 1.32 bits per heavy atom. The molecule has 0 aliphatic heterocycles. The molecule has 2 aromatic rings. The molecule has 0 unspecified atom stereocenters. The van der Waals surface area contributed by atoms with E-state index in [1.807, 2.05) is 42.8 Å². The smallest absolute Gasteiger partial charge is 0.145 e. The fraction of sp³-hybridized carbons (Fsp3) is 0.500. The first-order valence-corrected chi connectivity index (χ1v) is 9.33. The van der Waals surface area contributed by atoms with Crippen LogP contribution in [0.2, 0.25) is 5.02 Å². The van der Waals surface area contributed by atoms with Gasteiger partial charge in [0.15, 0.2) is 0 Å². The number of rotatable bonds is 5. The van der Waals surface area contributed by atoms with Crippen molar-refractivity contribution in [2.45, 2.75) is 43.1 Å². The maximum absolute atomic E-state index is 12.6. The van der Waals surface area contributed by atoms with Crippen LogP contribution in [-0.4, -0.2) is 19.0 Å². The van der Waals surface area contributed by atoms with Crippen molar-refractivity contribution < 1.29 is 4.21 Å². The Balaban J connectivity index is 1.71. The topological polar surface area (TPSA) is 47.8 Å². The molecule has 22 heavy (non-hydrogen) atoms. The molecule has 0 saturated heterocycles. The Morgan fingerprint density at radius 2 is 2.00 bits per heavy atom. The van der Waals surface area contributed by atoms with Crippen LogP contribution < -0.4 is 0 Å². The molecule has 6 heteroatoms. The van der Waals surface area contributed by atoms with Gasteiger partial charge in [-0.2, -0.15) is 0 Å². The quantitative estimate of drug-likeness (QED) is 0.834. The van der Waals surface area contributed by atoms with Gasteiger partial charge in [-0.3, -0.25) is 4.21 Å². The highest BCUT2D eigenvalue weighted by Crippen LogP contribution is 2.35. The highest BCUT2D eigenvalue weighted by atomic mass is 35.5. The zero-order valence-corrected chi connectivity index (χ0v) is 14.4. The van der Waals surface area contributed by atoms with Crippen LogP contribution in [0.1, 0.15) is 54.6 Å². The van der Waals surface area contributed by atoms with Gasteiger partial charge in [0, 0.05) is 28.8 Å². The average Bonchev–Trinajstić information content (AvgIpc) is 2.79. The van der Waals surface area contributed by atoms with Gasteiger partial charge in [-0.05, 0) is 37.5 Å². The van der Waals surface area contributed by atoms with Crippen molar-refractivity contribution in [2.24, 2.45) is 7.05 Å². The molecular weight excluding hydrogens is 318 g/mol. The van der Waals surface area contributed by atoms with E-state index in [4.69, 9.17) is 11.6 Å². The van der Waals surface area contributed by atoms with Crippen LogP contribution >= 0.6 is 11.6 Å². The zero-order valence-electron chi connectivity index (χ0n) is 12.8. The summed E-state index contributed by atoms with van der Waals surface area (Å²) >= 11 is 5.90. The Bertz CT molecular complexity index is 679. The molecule has 3 rings (SSSR count). The third kappa shape index (κ3) is 3.10. The summed E-state index contributed by atoms with van der Waals surface area (Å²) in [5, 5.41) is 9.18. The summed E-state index contributed by atoms with van der Waals surface area (Å²) in [6, 6.07) is 7.53. The van der Waals surface area contributed by atoms with E-state index in [0.717, 1.165) is 17.2 Å². The Kier molecular flexibility index (Phi) is 4.64. The SMILES string of the molecule is C[C@H](c1ccc(Cl)cc1)[S@](=O)Cc1nnc(C2CCC2)n1C. The molecule has 1 fully saturated rings. The lowest BCUT2D eigenvalue weighted by Gasteiger charge is -2.24. The predicted molar refractivity (Wildman–Crippen MR) is 89.3 cm³/mol. The van der Waals surface area contributed by atoms with Crippen molar-refractivity contribution in [3.63, 3.8) is 0 Å². The number of benzene rings is 1. The average molecular weight is 338 g/mol. The van der Waals surface area contributed by atoms with Gasteiger partial charge in [0.2, 0.25) is 0 Å². The molecule has 1 aliphatic carbocycles. The lowest BCUT2D eigenvalue weighted by atomic mass is 9.85. The van der Waals surface area contributed by atoms with E-state index in [-0.39, 0.29) is 5.25 Å². The van der Waals surface area contributed by atoms with Gasteiger partial charge in [-0.25, -0.2) is 0 Å². The van der Waals surface area contributed by atoms with Gasteiger partial charge in [0.05, 0.1) is 11.0 Å². The second kappa shape index (κ2) is 6.50. The normalized spacial score (nSPS) is 18.0. The molecule has 1 aromatic carbocycles. The molecule has 0 amide bonds. The number of halogens is 1. The summed E-state index contributed by atoms with van der Waals surface area (Å²) in [6.45, 7) is 1.97. The first kappa shape index (κ1) is 15.7. The van der Waals surface area contributed by atoms with E-state index in [1.165, 1.54) is 19.3 Å². The summed E-state index contributed by atoms with van der Waals surface area (Å²) in [5.74, 6) is 2.81. The van der Waals surface area contributed by atoms with Crippen molar-refractivity contribution in [1.29, 1.82) is 0 Å². The van der Waals surface area contributed by atoms with Crippen molar-refractivity contribution >= 4 is 22.4 Å². The van der Waals surface area contributed by atoms with Crippen LogP contribution in [-0.2, 0) is 23.6 Å². The second-order valence-corrected chi connectivity index (χ2v) is 8.07. The van der Waals surface area contributed by atoms with Crippen LogP contribution in [0.15, 0.2) is 24.3 Å². The molecule has 4 nitrogen and oxygen atoms in total. The monoisotopic (exact) mass is 337 g/mol. The first-order valence-electron chi connectivity index (χ1n) is 7.57. The molecule has 1 heterocycles. The molecule has 1 saturated carbocycles. The summed E-state index contributed by atoms with van der Waals surface area (Å²) in [7, 11) is 0.945. The minimum Gasteiger partial charge on any atom is -0.317 e. The first-order chi connectivity index (χ1) is 10.6. The van der Waals surface area contributed by atoms with Gasteiger partial charge in [0.25, 0.3) is 0 Å². The molecule has 0 spiro atoms. The highest BCUT2D eigenvalue weighted by Gasteiger charge is 2.26. The fourth-order valence-corrected chi connectivity index (χ4v) is 4.00. The van der Waals surface area contributed by atoms with Crippen molar-refractivity contribution in [3.8, 4) is 0 Å². The molecule has 1 aliphatic rings. The van der Waals surface area contributed by atoms with Gasteiger partial charge in [-0.15, -0.1) is 10.2 Å². The molecule has 0 radical (unpaired) electrons. The highest BCUT2D eigenvalue weighted by molar-refractivity contribution is 7.84. The van der Waals surface area contributed by atoms with Crippen LogP contribution in [0, 0.1) is 0 Å². The van der Waals surface area contributed by atoms with E-state index < -0.39 is 10.8 Å². The van der Waals surface area contributed by atoms with Crippen LogP contribution in [0.25, 0.3) is 0 Å². The number of nitrogens with zero attached hydrogens (tertiary/aromatic N) is 3. The largest absolute Gasteiger partial charge is 0.317 e. The van der Waals surface area contributed by atoms with Crippen molar-refractivity contribution in [2.75, 3.05) is 0 Å². The van der Waals surface area contributed by atoms with E-state index in [2.05, 4.69) is 10.2 Å². The predicted octanol–water partition coefficient (Wildman–Crippen LogP) is 3.75. The van der Waals surface area contributed by atoms with Gasteiger partial charge in [0.1, 0.15) is 11.6 Å². The Labute approximate surface area is 138 Å². The summed E-state index contributed by atoms with van der Waals surface area (Å²) < 4.78 is 14.6. The Morgan fingerprint density at radius 3 is 2.59 bits per heavy atom. The van der Waals surface area contributed by atoms with Crippen LogP contribution in [0.5, 0.6) is 0 Å². The minimum absolute atomic E-state index is 0.0545. The molecule has 2 atom stereocenters. The molecule has 0 bridgehead atoms. The van der Waals surface area contributed by atoms with E-state index in [9.17, 15) is 4.21 Å². The molecule has 1 aromatic heterocycles. The minimum atomic E-state index is -1.03. The molecule has 0 N–H and O–H groups in total. The van der Waals surface area contributed by atoms with E-state index >= 15 is 0 Å². The number of hydrogen-bond donors (Lipinski definition) is 0. The maximum Gasteiger partial charge on any atom is 0.145 e. The standard InChI is InChI=1S/C16H20ClN3OS/c1-11(12-6-8-14(17)9-7-12)22(21)10-15-18-19-16(20(15)2)13-4-3-5-13/h6-9,11,13H,3-5,10H2,1-2H3/t11-,22-/m1/s1. The molecule has 118 valence electrons. The second-order valence-electron chi connectivity index (χ2n) is 5.88. The van der Waals surface area contributed by atoms with Crippen molar-refractivity contribution in [3.05, 3.63) is 46.5 Å². The van der Waals surface area contributed by atoms with E-state index in [0.29, 0.717) is 16.7 Å². The lowest BCUT2D eigenvalue weighted by Crippen LogP contribution is -2.15. The number of aromatic nitrogens is 3. The van der Waals surface area contributed by atoms with Crippen molar-refractivity contribution in [1.82, 2.24) is 14.8 Å². The zero-order chi connectivity index (χ0) is 15.7. The summed E-state index contributed by atoms with van der Waals surface area (Å²) in [4.78, 5) is 0. The molecular formula is C16H20ClN3OS. The number of hydrogen-bond acceptors (Lipinski definition) is 3. The summed E-state index contributed by atoms with van der Waals surface area (Å²) in [5.41, 5.74) is 1.03. The van der Waals surface area contributed by atoms with E-state index in [1.54, 1.807) is 0 Å². The fourth-order valence-electron chi connectivity index (χ4n) is 2.66. The Hall–Kier alpha value is -1.20. The third-order valence-corrected chi connectivity index (χ3v) is 6.33. The third-order valence-electron chi connectivity index (χ3n) is 4.47. The van der Waals surface area contributed by atoms with Crippen LogP contribution in [0.3, 0.4) is 0 Å². The van der Waals surface area contributed by atoms with Crippen LogP contribution in [0.4, 0.5) is 0 Å².